The SMILES string of the molecule is Cc1cccc(C(N)c2cccc3cnccc23)n1. The van der Waals surface area contributed by atoms with Crippen LogP contribution in [0.2, 0.25) is 0 Å². The molecule has 0 aliphatic rings. The molecule has 3 heteroatoms. The van der Waals surface area contributed by atoms with Gasteiger partial charge in [0.15, 0.2) is 0 Å². The van der Waals surface area contributed by atoms with Crippen LogP contribution in [0, 0.1) is 6.92 Å². The van der Waals surface area contributed by atoms with Gasteiger partial charge in [-0.2, -0.15) is 0 Å². The molecule has 0 saturated carbocycles. The van der Waals surface area contributed by atoms with Gasteiger partial charge >= 0.3 is 0 Å². The Hall–Kier alpha value is -2.26. The lowest BCUT2D eigenvalue weighted by Crippen LogP contribution is -2.14. The van der Waals surface area contributed by atoms with Crippen LogP contribution in [0.25, 0.3) is 10.8 Å². The van der Waals surface area contributed by atoms with Gasteiger partial charge < -0.3 is 5.73 Å². The predicted molar refractivity (Wildman–Crippen MR) is 76.7 cm³/mol. The van der Waals surface area contributed by atoms with E-state index in [0.29, 0.717) is 0 Å². The van der Waals surface area contributed by atoms with Crippen LogP contribution < -0.4 is 5.73 Å². The number of nitrogens with zero attached hydrogens (tertiary/aromatic N) is 2. The highest BCUT2D eigenvalue weighted by atomic mass is 14.8. The second-order valence-corrected chi connectivity index (χ2v) is 4.63. The third-order valence-corrected chi connectivity index (χ3v) is 3.28. The van der Waals surface area contributed by atoms with E-state index in [1.54, 1.807) is 6.20 Å². The summed E-state index contributed by atoms with van der Waals surface area (Å²) >= 11 is 0. The Kier molecular flexibility index (Phi) is 2.97. The van der Waals surface area contributed by atoms with Crippen molar-refractivity contribution in [2.24, 2.45) is 5.73 Å². The van der Waals surface area contributed by atoms with Crippen LogP contribution >= 0.6 is 0 Å². The maximum Gasteiger partial charge on any atom is 0.0732 e. The summed E-state index contributed by atoms with van der Waals surface area (Å²) in [5.74, 6) is 0. The minimum atomic E-state index is -0.217. The molecule has 1 unspecified atom stereocenters. The topological polar surface area (TPSA) is 51.8 Å². The van der Waals surface area contributed by atoms with Crippen molar-refractivity contribution in [3.8, 4) is 0 Å². The number of hydrogen-bond donors (Lipinski definition) is 1. The monoisotopic (exact) mass is 249 g/mol. The number of rotatable bonds is 2. The van der Waals surface area contributed by atoms with Crippen LogP contribution in [0.4, 0.5) is 0 Å². The molecule has 94 valence electrons. The van der Waals surface area contributed by atoms with Crippen molar-refractivity contribution in [1.29, 1.82) is 0 Å². The van der Waals surface area contributed by atoms with Crippen LogP contribution in [0.15, 0.2) is 54.9 Å². The minimum absolute atomic E-state index is 0.217. The van der Waals surface area contributed by atoms with Gasteiger partial charge in [-0.15, -0.1) is 0 Å². The summed E-state index contributed by atoms with van der Waals surface area (Å²) in [6.07, 6.45) is 3.65. The third kappa shape index (κ3) is 2.20. The molecule has 0 amide bonds. The van der Waals surface area contributed by atoms with E-state index >= 15 is 0 Å². The maximum atomic E-state index is 6.37. The highest BCUT2D eigenvalue weighted by molar-refractivity contribution is 5.85. The van der Waals surface area contributed by atoms with E-state index in [1.165, 1.54) is 0 Å². The molecule has 2 N–H and O–H groups in total. The number of nitrogens with two attached hydrogens (primary N) is 1. The van der Waals surface area contributed by atoms with E-state index in [-0.39, 0.29) is 6.04 Å². The number of aryl methyl sites for hydroxylation is 1. The van der Waals surface area contributed by atoms with Gasteiger partial charge in [0.05, 0.1) is 11.7 Å². The van der Waals surface area contributed by atoms with Crippen molar-refractivity contribution in [3.05, 3.63) is 71.8 Å². The summed E-state index contributed by atoms with van der Waals surface area (Å²) in [5.41, 5.74) is 9.32. The van der Waals surface area contributed by atoms with E-state index in [0.717, 1.165) is 27.7 Å². The average molecular weight is 249 g/mol. The Labute approximate surface area is 112 Å². The first-order valence-corrected chi connectivity index (χ1v) is 6.27. The molecule has 0 fully saturated rings. The molecule has 0 radical (unpaired) electrons. The molecule has 1 atom stereocenters. The van der Waals surface area contributed by atoms with Crippen molar-refractivity contribution in [2.75, 3.05) is 0 Å². The highest BCUT2D eigenvalue weighted by Crippen LogP contribution is 2.25. The van der Waals surface area contributed by atoms with E-state index in [1.807, 2.05) is 49.5 Å². The molecule has 0 aliphatic heterocycles. The molecular formula is C16H15N3. The van der Waals surface area contributed by atoms with Crippen LogP contribution in [0.3, 0.4) is 0 Å². The van der Waals surface area contributed by atoms with Crippen molar-refractivity contribution in [1.82, 2.24) is 9.97 Å². The van der Waals surface area contributed by atoms with E-state index in [4.69, 9.17) is 5.73 Å². The van der Waals surface area contributed by atoms with E-state index in [9.17, 15) is 0 Å². The van der Waals surface area contributed by atoms with Crippen LogP contribution in [0.1, 0.15) is 23.0 Å². The Morgan fingerprint density at radius 1 is 1.05 bits per heavy atom. The molecule has 3 rings (SSSR count). The zero-order valence-corrected chi connectivity index (χ0v) is 10.7. The number of benzene rings is 1. The van der Waals surface area contributed by atoms with Gasteiger partial charge in [0.2, 0.25) is 0 Å². The molecule has 0 aliphatic carbocycles. The summed E-state index contributed by atoms with van der Waals surface area (Å²) in [4.78, 5) is 8.66. The molecule has 1 aromatic carbocycles. The normalized spacial score (nSPS) is 12.5. The first-order chi connectivity index (χ1) is 9.25. The zero-order chi connectivity index (χ0) is 13.2. The van der Waals surface area contributed by atoms with Crippen molar-refractivity contribution in [3.63, 3.8) is 0 Å². The summed E-state index contributed by atoms with van der Waals surface area (Å²) in [6, 6.07) is 13.8. The quantitative estimate of drug-likeness (QED) is 0.759. The Morgan fingerprint density at radius 3 is 2.74 bits per heavy atom. The van der Waals surface area contributed by atoms with Gasteiger partial charge in [0.25, 0.3) is 0 Å². The van der Waals surface area contributed by atoms with Gasteiger partial charge in [0.1, 0.15) is 0 Å². The molecular weight excluding hydrogens is 234 g/mol. The molecule has 2 aromatic heterocycles. The molecule has 0 spiro atoms. The van der Waals surface area contributed by atoms with Crippen molar-refractivity contribution >= 4 is 10.8 Å². The van der Waals surface area contributed by atoms with Gasteiger partial charge in [0, 0.05) is 23.5 Å². The highest BCUT2D eigenvalue weighted by Gasteiger charge is 2.13. The standard InChI is InChI=1S/C16H15N3/c1-11-4-2-7-15(19-11)16(17)14-6-3-5-12-10-18-9-8-13(12)14/h2-10,16H,17H2,1H3. The second kappa shape index (κ2) is 4.78. The fourth-order valence-electron chi connectivity index (χ4n) is 2.32. The molecule has 0 bridgehead atoms. The van der Waals surface area contributed by atoms with Crippen LogP contribution in [-0.4, -0.2) is 9.97 Å². The fourth-order valence-corrected chi connectivity index (χ4v) is 2.32. The first-order valence-electron chi connectivity index (χ1n) is 6.27. The van der Waals surface area contributed by atoms with Crippen molar-refractivity contribution in [2.45, 2.75) is 13.0 Å². The zero-order valence-electron chi connectivity index (χ0n) is 10.7. The van der Waals surface area contributed by atoms with Crippen LogP contribution in [0.5, 0.6) is 0 Å². The lowest BCUT2D eigenvalue weighted by atomic mass is 9.98. The van der Waals surface area contributed by atoms with Gasteiger partial charge in [-0.05, 0) is 36.1 Å². The first kappa shape index (κ1) is 11.8. The minimum Gasteiger partial charge on any atom is -0.319 e. The third-order valence-electron chi connectivity index (χ3n) is 3.28. The molecule has 3 aromatic rings. The Bertz CT molecular complexity index is 717. The molecule has 19 heavy (non-hydrogen) atoms. The number of aromatic nitrogens is 2. The van der Waals surface area contributed by atoms with Crippen LogP contribution in [-0.2, 0) is 0 Å². The smallest absolute Gasteiger partial charge is 0.0732 e. The number of pyridine rings is 2. The summed E-state index contributed by atoms with van der Waals surface area (Å²) in [7, 11) is 0. The number of hydrogen-bond acceptors (Lipinski definition) is 3. The Balaban J connectivity index is 2.14. The predicted octanol–water partition coefficient (Wildman–Crippen LogP) is 2.99. The molecule has 0 saturated heterocycles. The maximum absolute atomic E-state index is 6.37. The lowest BCUT2D eigenvalue weighted by molar-refractivity contribution is 0.828. The van der Waals surface area contributed by atoms with E-state index < -0.39 is 0 Å². The number of fused-ring (bicyclic) bond motifs is 1. The molecule has 2 heterocycles. The summed E-state index contributed by atoms with van der Waals surface area (Å²) in [5, 5.41) is 2.23. The van der Waals surface area contributed by atoms with Crippen molar-refractivity contribution < 1.29 is 0 Å². The fraction of sp³-hybridized carbons (Fsp3) is 0.125. The van der Waals surface area contributed by atoms with E-state index in [2.05, 4.69) is 16.0 Å². The second-order valence-electron chi connectivity index (χ2n) is 4.63. The average Bonchev–Trinajstić information content (AvgIpc) is 2.46. The van der Waals surface area contributed by atoms with Gasteiger partial charge in [-0.3, -0.25) is 9.97 Å². The van der Waals surface area contributed by atoms with Gasteiger partial charge in [-0.1, -0.05) is 24.3 Å². The Morgan fingerprint density at radius 2 is 1.89 bits per heavy atom. The largest absolute Gasteiger partial charge is 0.319 e. The van der Waals surface area contributed by atoms with Gasteiger partial charge in [-0.25, -0.2) is 0 Å². The summed E-state index contributed by atoms with van der Waals surface area (Å²) in [6.45, 7) is 1.98. The molecule has 3 nitrogen and oxygen atoms in total. The lowest BCUT2D eigenvalue weighted by Gasteiger charge is -2.14. The summed E-state index contributed by atoms with van der Waals surface area (Å²) < 4.78 is 0.